The van der Waals surface area contributed by atoms with Gasteiger partial charge in [-0.15, -0.1) is 0 Å². The summed E-state index contributed by atoms with van der Waals surface area (Å²) < 4.78 is 45.5. The number of aliphatic hydroxyl groups excluding tert-OH is 1. The summed E-state index contributed by atoms with van der Waals surface area (Å²) in [5.41, 5.74) is 3.63. The number of rotatable bonds is 10. The van der Waals surface area contributed by atoms with Gasteiger partial charge in [0, 0.05) is 31.9 Å². The predicted molar refractivity (Wildman–Crippen MR) is 154 cm³/mol. The fourth-order valence-corrected chi connectivity index (χ4v) is 7.07. The van der Waals surface area contributed by atoms with Gasteiger partial charge >= 0.3 is 0 Å². The fourth-order valence-electron chi connectivity index (χ4n) is 6.25. The van der Waals surface area contributed by atoms with Crippen molar-refractivity contribution in [1.82, 2.24) is 0 Å². The molecule has 40 heavy (non-hydrogen) atoms. The number of hydrogen-bond acceptors (Lipinski definition) is 7. The summed E-state index contributed by atoms with van der Waals surface area (Å²) in [4.78, 5) is 18.0. The number of carbonyl (C=O) groups excluding carboxylic acids is 1. The molecular weight excluding hydrogens is 535 g/mol. The maximum Gasteiger partial charge on any atom is 0.257 e. The molecule has 2 spiro atoms. The van der Waals surface area contributed by atoms with Crippen LogP contribution < -0.4 is 24.6 Å². The van der Waals surface area contributed by atoms with E-state index in [1.165, 1.54) is 25.7 Å². The van der Waals surface area contributed by atoms with Crippen LogP contribution in [0.3, 0.4) is 0 Å². The standard InChI is InChI=1S/C29H37FN4O5S/c30-20-39-26-4-2-21(17-25(26)34-14-11-29(19-34)7-8-29)31-27(36)23-3-1-22(32-40(37,38)16-15-35)18-24(23)33-12-9-28(5-6-28)10-13-33/h1-4,17-18,32,35H,5-16,19-20H2,(H,31,36). The molecule has 0 aromatic heterocycles. The number of carbonyl (C=O) groups is 1. The van der Waals surface area contributed by atoms with Crippen LogP contribution in [0.15, 0.2) is 36.4 Å². The van der Waals surface area contributed by atoms with Crippen molar-refractivity contribution in [1.29, 1.82) is 0 Å². The van der Waals surface area contributed by atoms with E-state index in [9.17, 15) is 17.6 Å². The number of nitrogens with one attached hydrogen (secondary N) is 2. The lowest BCUT2D eigenvalue weighted by molar-refractivity contribution is 0.102. The van der Waals surface area contributed by atoms with Crippen LogP contribution in [0.5, 0.6) is 5.75 Å². The molecule has 4 fully saturated rings. The van der Waals surface area contributed by atoms with E-state index in [2.05, 4.69) is 19.8 Å². The molecule has 2 aliphatic carbocycles. The number of nitrogens with zero attached hydrogens (tertiary/aromatic N) is 2. The van der Waals surface area contributed by atoms with E-state index in [0.29, 0.717) is 39.2 Å². The van der Waals surface area contributed by atoms with Crippen molar-refractivity contribution in [3.63, 3.8) is 0 Å². The van der Waals surface area contributed by atoms with E-state index < -0.39 is 29.2 Å². The van der Waals surface area contributed by atoms with E-state index >= 15 is 0 Å². The average Bonchev–Trinajstić information content (AvgIpc) is 3.82. The molecule has 2 saturated carbocycles. The van der Waals surface area contributed by atoms with Crippen molar-refractivity contribution in [2.24, 2.45) is 10.8 Å². The minimum atomic E-state index is -3.71. The smallest absolute Gasteiger partial charge is 0.257 e. The summed E-state index contributed by atoms with van der Waals surface area (Å²) in [6.07, 6.45) is 8.12. The van der Waals surface area contributed by atoms with Crippen molar-refractivity contribution in [2.45, 2.75) is 44.9 Å². The Kier molecular flexibility index (Phi) is 7.06. The van der Waals surface area contributed by atoms with E-state index in [1.807, 2.05) is 6.07 Å². The summed E-state index contributed by atoms with van der Waals surface area (Å²) in [5, 5.41) is 12.1. The largest absolute Gasteiger partial charge is 0.461 e. The second-order valence-electron chi connectivity index (χ2n) is 11.9. The molecule has 0 atom stereocenters. The molecule has 2 aromatic carbocycles. The molecule has 2 aliphatic heterocycles. The molecule has 4 aliphatic rings. The van der Waals surface area contributed by atoms with Crippen molar-refractivity contribution in [3.8, 4) is 5.75 Å². The third-order valence-electron chi connectivity index (χ3n) is 9.16. The van der Waals surface area contributed by atoms with Gasteiger partial charge in [-0.25, -0.2) is 12.8 Å². The number of anilines is 4. The van der Waals surface area contributed by atoms with Gasteiger partial charge in [0.05, 0.1) is 35.0 Å². The molecule has 0 bridgehead atoms. The monoisotopic (exact) mass is 572 g/mol. The molecule has 6 rings (SSSR count). The zero-order valence-electron chi connectivity index (χ0n) is 22.6. The molecule has 11 heteroatoms. The van der Waals surface area contributed by atoms with Gasteiger partial charge < -0.3 is 25.0 Å². The molecule has 1 amide bonds. The Morgan fingerprint density at radius 3 is 2.20 bits per heavy atom. The first kappa shape index (κ1) is 27.1. The van der Waals surface area contributed by atoms with Crippen LogP contribution in [0.25, 0.3) is 0 Å². The number of ether oxygens (including phenoxy) is 1. The number of benzene rings is 2. The Labute approximate surface area is 234 Å². The van der Waals surface area contributed by atoms with Crippen molar-refractivity contribution in [3.05, 3.63) is 42.0 Å². The van der Waals surface area contributed by atoms with Gasteiger partial charge in [-0.2, -0.15) is 0 Å². The summed E-state index contributed by atoms with van der Waals surface area (Å²) in [6.45, 7) is 1.96. The SMILES string of the molecule is O=C(Nc1ccc(OCF)c(N2CCC3(CC3)C2)c1)c1ccc(NS(=O)(=O)CCO)cc1N1CCC2(CC1)CC2. The summed E-state index contributed by atoms with van der Waals surface area (Å²) in [6, 6.07) is 10.2. The predicted octanol–water partition coefficient (Wildman–Crippen LogP) is 4.35. The Balaban J connectivity index is 1.26. The first-order valence-corrected chi connectivity index (χ1v) is 15.8. The number of amides is 1. The zero-order valence-corrected chi connectivity index (χ0v) is 23.4. The first-order valence-electron chi connectivity index (χ1n) is 14.1. The molecule has 0 radical (unpaired) electrons. The van der Waals surface area contributed by atoms with Gasteiger partial charge in [0.25, 0.3) is 5.91 Å². The van der Waals surface area contributed by atoms with E-state index in [1.54, 1.807) is 30.3 Å². The Bertz CT molecular complexity index is 1380. The van der Waals surface area contributed by atoms with Gasteiger partial charge in [-0.05, 0) is 92.2 Å². The van der Waals surface area contributed by atoms with Crippen LogP contribution in [-0.2, 0) is 10.0 Å². The lowest BCUT2D eigenvalue weighted by Crippen LogP contribution is -2.35. The highest BCUT2D eigenvalue weighted by Gasteiger charge is 2.48. The van der Waals surface area contributed by atoms with Crippen molar-refractivity contribution >= 4 is 38.7 Å². The zero-order chi connectivity index (χ0) is 28.0. The van der Waals surface area contributed by atoms with E-state index in [4.69, 9.17) is 9.84 Å². The second-order valence-corrected chi connectivity index (χ2v) is 13.8. The van der Waals surface area contributed by atoms with Gasteiger partial charge in [-0.1, -0.05) is 0 Å². The number of hydrogen-bond donors (Lipinski definition) is 3. The van der Waals surface area contributed by atoms with Crippen LogP contribution in [0, 0.1) is 10.8 Å². The molecular formula is C29H37FN4O5S. The number of piperidine rings is 1. The van der Waals surface area contributed by atoms with Crippen LogP contribution in [-0.4, -0.2) is 64.8 Å². The molecule has 2 saturated heterocycles. The topological polar surface area (TPSA) is 111 Å². The Morgan fingerprint density at radius 2 is 1.55 bits per heavy atom. The maximum absolute atomic E-state index is 13.7. The van der Waals surface area contributed by atoms with E-state index in [0.717, 1.165) is 51.1 Å². The number of aliphatic hydroxyl groups is 1. The van der Waals surface area contributed by atoms with Gasteiger partial charge in [0.1, 0.15) is 5.75 Å². The third kappa shape index (κ3) is 5.72. The van der Waals surface area contributed by atoms with Gasteiger partial charge in [0.2, 0.25) is 16.9 Å². The summed E-state index contributed by atoms with van der Waals surface area (Å²) in [5.74, 6) is -0.253. The highest BCUT2D eigenvalue weighted by atomic mass is 32.2. The van der Waals surface area contributed by atoms with Crippen molar-refractivity contribution in [2.75, 3.05) is 65.2 Å². The molecule has 9 nitrogen and oxygen atoms in total. The minimum absolute atomic E-state index is 0.309. The lowest BCUT2D eigenvalue weighted by atomic mass is 9.93. The normalized spacial score (nSPS) is 20.6. The Hall–Kier alpha value is -3.05. The molecule has 2 aromatic rings. The quantitative estimate of drug-likeness (QED) is 0.388. The van der Waals surface area contributed by atoms with Crippen LogP contribution >= 0.6 is 0 Å². The van der Waals surface area contributed by atoms with Crippen LogP contribution in [0.4, 0.5) is 27.1 Å². The first-order chi connectivity index (χ1) is 19.2. The maximum atomic E-state index is 13.7. The van der Waals surface area contributed by atoms with Crippen LogP contribution in [0.1, 0.15) is 55.3 Å². The Morgan fingerprint density at radius 1 is 0.900 bits per heavy atom. The average molecular weight is 573 g/mol. The molecule has 216 valence electrons. The van der Waals surface area contributed by atoms with Gasteiger partial charge in [0.15, 0.2) is 0 Å². The third-order valence-corrected chi connectivity index (χ3v) is 10.4. The van der Waals surface area contributed by atoms with Gasteiger partial charge in [-0.3, -0.25) is 9.52 Å². The highest BCUT2D eigenvalue weighted by Crippen LogP contribution is 2.55. The van der Waals surface area contributed by atoms with Crippen molar-refractivity contribution < 1.29 is 27.4 Å². The number of alkyl halides is 1. The number of halogens is 1. The molecule has 2 heterocycles. The fraction of sp³-hybridized carbons (Fsp3) is 0.552. The summed E-state index contributed by atoms with van der Waals surface area (Å²) >= 11 is 0. The highest BCUT2D eigenvalue weighted by molar-refractivity contribution is 7.92. The van der Waals surface area contributed by atoms with E-state index in [-0.39, 0.29) is 5.91 Å². The molecule has 3 N–H and O–H groups in total. The second kappa shape index (κ2) is 10.4. The lowest BCUT2D eigenvalue weighted by Gasteiger charge is -2.35. The molecule has 0 unspecified atom stereocenters. The number of sulfonamides is 1. The minimum Gasteiger partial charge on any atom is -0.461 e. The summed E-state index contributed by atoms with van der Waals surface area (Å²) in [7, 11) is -3.71. The van der Waals surface area contributed by atoms with Crippen LogP contribution in [0.2, 0.25) is 0 Å².